The summed E-state index contributed by atoms with van der Waals surface area (Å²) in [4.78, 5) is 15.4. The first-order valence-electron chi connectivity index (χ1n) is 18.1. The molecule has 0 radical (unpaired) electrons. The zero-order valence-electron chi connectivity index (χ0n) is 29.3. The van der Waals surface area contributed by atoms with Crippen molar-refractivity contribution >= 4 is 21.4 Å². The molecule has 3 heterocycles. The summed E-state index contributed by atoms with van der Waals surface area (Å²) in [5.41, 5.74) is 11.7. The van der Waals surface area contributed by atoms with Gasteiger partial charge in [0.2, 0.25) is 0 Å². The Balaban J connectivity index is 1.15. The maximum atomic E-state index is 9.55. The number of hydrogen-bond donors (Lipinski definition) is 0. The smallest absolute Gasteiger partial charge is 0.164 e. The van der Waals surface area contributed by atoms with Crippen molar-refractivity contribution in [3.8, 4) is 74.0 Å². The standard InChI is InChI=1S/C49H28N4OS/c50-29-30-10-8-13-32(26-30)33-14-9-15-34(27-33)47-51-46(31-11-2-1-3-12-31)52-48(53-47)35-20-22-43-41(28-35)49(39-18-6-7-19-42(39)54-43)38-17-5-4-16-36(38)45-37-24-25-55-44(37)23-21-40(45)49/h1-28H. The second kappa shape index (κ2) is 12.2. The van der Waals surface area contributed by atoms with E-state index in [4.69, 9.17) is 19.7 Å². The molecule has 7 aromatic carbocycles. The van der Waals surface area contributed by atoms with Gasteiger partial charge in [0.15, 0.2) is 17.5 Å². The van der Waals surface area contributed by atoms with Crippen molar-refractivity contribution in [2.24, 2.45) is 0 Å². The molecule has 9 aromatic rings. The molecule has 0 amide bonds. The van der Waals surface area contributed by atoms with E-state index in [-0.39, 0.29) is 0 Å². The van der Waals surface area contributed by atoms with Crippen molar-refractivity contribution in [2.75, 3.05) is 0 Å². The van der Waals surface area contributed by atoms with Crippen molar-refractivity contribution in [2.45, 2.75) is 5.41 Å². The van der Waals surface area contributed by atoms with Gasteiger partial charge in [-0.3, -0.25) is 0 Å². The van der Waals surface area contributed by atoms with E-state index in [9.17, 15) is 5.26 Å². The first-order valence-corrected chi connectivity index (χ1v) is 19.0. The van der Waals surface area contributed by atoms with Gasteiger partial charge >= 0.3 is 0 Å². The Bertz CT molecular complexity index is 3050. The lowest BCUT2D eigenvalue weighted by Crippen LogP contribution is -2.32. The first kappa shape index (κ1) is 31.3. The summed E-state index contributed by atoms with van der Waals surface area (Å²) >= 11 is 1.77. The van der Waals surface area contributed by atoms with Crippen molar-refractivity contribution < 1.29 is 4.74 Å². The number of ether oxygens (including phenoxy) is 1. The third-order valence-electron chi connectivity index (χ3n) is 10.9. The molecule has 0 saturated carbocycles. The Morgan fingerprint density at radius 2 is 1.15 bits per heavy atom. The normalized spacial score (nSPS) is 14.7. The van der Waals surface area contributed by atoms with Crippen molar-refractivity contribution in [1.29, 1.82) is 5.26 Å². The van der Waals surface area contributed by atoms with Gasteiger partial charge in [-0.2, -0.15) is 5.26 Å². The summed E-state index contributed by atoms with van der Waals surface area (Å²) in [7, 11) is 0. The molecule has 2 aromatic heterocycles. The largest absolute Gasteiger partial charge is 0.457 e. The van der Waals surface area contributed by atoms with E-state index in [1.54, 1.807) is 11.3 Å². The molecule has 1 atom stereocenters. The van der Waals surface area contributed by atoms with Crippen LogP contribution in [-0.2, 0) is 5.41 Å². The molecule has 55 heavy (non-hydrogen) atoms. The summed E-state index contributed by atoms with van der Waals surface area (Å²) < 4.78 is 8.02. The lowest BCUT2D eigenvalue weighted by molar-refractivity contribution is 0.436. The van der Waals surface area contributed by atoms with Crippen LogP contribution in [0.2, 0.25) is 0 Å². The Kier molecular flexibility index (Phi) is 6.94. The minimum absolute atomic E-state index is 0.563. The molecule has 1 spiro atoms. The molecule has 0 fully saturated rings. The Morgan fingerprint density at radius 1 is 0.491 bits per heavy atom. The van der Waals surface area contributed by atoms with Crippen LogP contribution in [0.15, 0.2) is 169 Å². The maximum Gasteiger partial charge on any atom is 0.164 e. The van der Waals surface area contributed by atoms with Crippen LogP contribution in [0, 0.1) is 11.3 Å². The van der Waals surface area contributed by atoms with Crippen molar-refractivity contribution in [1.82, 2.24) is 15.0 Å². The molecule has 1 aliphatic heterocycles. The number of nitriles is 1. The van der Waals surface area contributed by atoms with E-state index in [1.807, 2.05) is 78.9 Å². The number of fused-ring (bicyclic) bond motifs is 11. The number of hydrogen-bond acceptors (Lipinski definition) is 6. The lowest BCUT2D eigenvalue weighted by atomic mass is 9.66. The fraction of sp³-hybridized carbons (Fsp3) is 0.0204. The number of thiophene rings is 1. The zero-order valence-corrected chi connectivity index (χ0v) is 30.1. The van der Waals surface area contributed by atoms with Crippen LogP contribution in [0.4, 0.5) is 0 Å². The van der Waals surface area contributed by atoms with Crippen molar-refractivity contribution in [3.05, 3.63) is 197 Å². The molecule has 0 saturated heterocycles. The molecule has 1 aliphatic carbocycles. The molecule has 0 bridgehead atoms. The molecule has 11 rings (SSSR count). The summed E-state index contributed by atoms with van der Waals surface area (Å²) in [5, 5.41) is 13.0. The van der Waals surface area contributed by atoms with Crippen molar-refractivity contribution in [3.63, 3.8) is 0 Å². The van der Waals surface area contributed by atoms with Crippen LogP contribution < -0.4 is 4.74 Å². The van der Waals surface area contributed by atoms with E-state index in [0.717, 1.165) is 50.4 Å². The van der Waals surface area contributed by atoms with E-state index in [1.165, 1.54) is 32.3 Å². The number of aromatic nitrogens is 3. The summed E-state index contributed by atoms with van der Waals surface area (Å²) in [6.07, 6.45) is 0. The number of nitrogens with zero attached hydrogens (tertiary/aromatic N) is 4. The average molecular weight is 721 g/mol. The molecule has 1 unspecified atom stereocenters. The summed E-state index contributed by atoms with van der Waals surface area (Å²) in [6, 6.07) is 58.5. The quantitative estimate of drug-likeness (QED) is 0.181. The molecule has 2 aliphatic rings. The van der Waals surface area contributed by atoms with Gasteiger partial charge in [0.05, 0.1) is 17.0 Å². The van der Waals surface area contributed by atoms with Crippen LogP contribution >= 0.6 is 11.3 Å². The van der Waals surface area contributed by atoms with E-state index < -0.39 is 5.41 Å². The number of para-hydroxylation sites is 1. The van der Waals surface area contributed by atoms with Crippen LogP contribution in [-0.4, -0.2) is 15.0 Å². The van der Waals surface area contributed by atoms with Crippen LogP contribution in [0.5, 0.6) is 11.5 Å². The maximum absolute atomic E-state index is 9.55. The van der Waals surface area contributed by atoms with Gasteiger partial charge in [-0.05, 0) is 93.4 Å². The molecule has 256 valence electrons. The van der Waals surface area contributed by atoms with Gasteiger partial charge in [-0.15, -0.1) is 11.3 Å². The highest BCUT2D eigenvalue weighted by atomic mass is 32.1. The highest BCUT2D eigenvalue weighted by molar-refractivity contribution is 7.17. The van der Waals surface area contributed by atoms with Crippen LogP contribution in [0.3, 0.4) is 0 Å². The average Bonchev–Trinajstić information content (AvgIpc) is 3.86. The van der Waals surface area contributed by atoms with Crippen LogP contribution in [0.1, 0.15) is 27.8 Å². The SMILES string of the molecule is N#Cc1cccc(-c2cccc(-c3nc(-c4ccccc4)nc(-c4ccc5c(c4)C4(c6ccccc6O5)c5ccccc5-c5c4ccc4sccc54)n3)c2)c1. The summed E-state index contributed by atoms with van der Waals surface area (Å²) in [5.74, 6) is 3.37. The zero-order chi connectivity index (χ0) is 36.5. The predicted octanol–water partition coefficient (Wildman–Crippen LogP) is 12.1. The molecular formula is C49H28N4OS. The topological polar surface area (TPSA) is 71.7 Å². The first-order chi connectivity index (χ1) is 27.2. The highest BCUT2D eigenvalue weighted by Gasteiger charge is 2.51. The van der Waals surface area contributed by atoms with Gasteiger partial charge in [0.25, 0.3) is 0 Å². The third kappa shape index (κ3) is 4.74. The van der Waals surface area contributed by atoms with Crippen LogP contribution in [0.25, 0.3) is 66.5 Å². The van der Waals surface area contributed by atoms with Gasteiger partial charge in [0, 0.05) is 37.9 Å². The molecular weight excluding hydrogens is 693 g/mol. The predicted molar refractivity (Wildman–Crippen MR) is 219 cm³/mol. The van der Waals surface area contributed by atoms with Gasteiger partial charge in [0.1, 0.15) is 11.5 Å². The second-order valence-electron chi connectivity index (χ2n) is 13.9. The second-order valence-corrected chi connectivity index (χ2v) is 14.8. The summed E-state index contributed by atoms with van der Waals surface area (Å²) in [6.45, 7) is 0. The Labute approximate surface area is 321 Å². The molecule has 0 N–H and O–H groups in total. The number of benzene rings is 7. The Hall–Kier alpha value is -7.20. The highest BCUT2D eigenvalue weighted by Crippen LogP contribution is 2.63. The third-order valence-corrected chi connectivity index (χ3v) is 11.8. The Morgan fingerprint density at radius 3 is 1.98 bits per heavy atom. The number of rotatable bonds is 4. The van der Waals surface area contributed by atoms with E-state index >= 15 is 0 Å². The van der Waals surface area contributed by atoms with E-state index in [0.29, 0.717) is 23.0 Å². The van der Waals surface area contributed by atoms with E-state index in [2.05, 4.69) is 96.4 Å². The van der Waals surface area contributed by atoms with Gasteiger partial charge in [-0.1, -0.05) is 109 Å². The monoisotopic (exact) mass is 720 g/mol. The van der Waals surface area contributed by atoms with Gasteiger partial charge in [-0.25, -0.2) is 15.0 Å². The lowest BCUT2D eigenvalue weighted by Gasteiger charge is -2.39. The molecule has 5 nitrogen and oxygen atoms in total. The fourth-order valence-electron chi connectivity index (χ4n) is 8.54. The fourth-order valence-corrected chi connectivity index (χ4v) is 9.33. The minimum atomic E-state index is -0.632. The minimum Gasteiger partial charge on any atom is -0.457 e. The molecule has 6 heteroatoms. The van der Waals surface area contributed by atoms with Gasteiger partial charge < -0.3 is 4.74 Å².